The van der Waals surface area contributed by atoms with Gasteiger partial charge in [0.15, 0.2) is 11.5 Å². The van der Waals surface area contributed by atoms with Crippen molar-refractivity contribution in [3.8, 4) is 17.2 Å². The topological polar surface area (TPSA) is 62.3 Å². The maximum atomic E-state index is 12.5. The van der Waals surface area contributed by atoms with E-state index in [0.717, 1.165) is 21.4 Å². The Balaban J connectivity index is 1.80. The summed E-state index contributed by atoms with van der Waals surface area (Å²) in [4.78, 5) is 13.0. The second-order valence-corrected chi connectivity index (χ2v) is 6.63. The molecule has 6 nitrogen and oxygen atoms in total. The molecular formula is C21H22F2NO5+. The van der Waals surface area contributed by atoms with Crippen LogP contribution in [0.2, 0.25) is 0 Å². The lowest BCUT2D eigenvalue weighted by Crippen LogP contribution is -3.06. The third-order valence-electron chi connectivity index (χ3n) is 4.48. The first kappa shape index (κ1) is 20.6. The smallest absolute Gasteiger partial charge is 0.387 e. The zero-order valence-electron chi connectivity index (χ0n) is 16.3. The highest BCUT2D eigenvalue weighted by molar-refractivity contribution is 5.81. The van der Waals surface area contributed by atoms with Crippen molar-refractivity contribution in [3.63, 3.8) is 0 Å². The van der Waals surface area contributed by atoms with Crippen LogP contribution < -0.4 is 24.7 Å². The summed E-state index contributed by atoms with van der Waals surface area (Å²) in [6.07, 6.45) is 0. The molecule has 1 unspecified atom stereocenters. The summed E-state index contributed by atoms with van der Waals surface area (Å²) in [6.45, 7) is -1.77. The predicted octanol–water partition coefficient (Wildman–Crippen LogP) is 2.63. The molecule has 29 heavy (non-hydrogen) atoms. The van der Waals surface area contributed by atoms with E-state index < -0.39 is 12.2 Å². The molecule has 3 aromatic rings. The first-order valence-corrected chi connectivity index (χ1v) is 8.93. The predicted molar refractivity (Wildman–Crippen MR) is 103 cm³/mol. The normalized spacial score (nSPS) is 12.2. The quantitative estimate of drug-likeness (QED) is 0.583. The SMILES string of the molecule is COc1ccc2c(C[NH+](C)Cc3ccc(OC(F)F)c(OC)c3)cc(=O)oc2c1. The Morgan fingerprint density at radius 1 is 1.00 bits per heavy atom. The molecule has 1 N–H and O–H groups in total. The Kier molecular flexibility index (Phi) is 6.33. The molecule has 8 heteroatoms. The third-order valence-corrected chi connectivity index (χ3v) is 4.48. The van der Waals surface area contributed by atoms with Gasteiger partial charge in [0.25, 0.3) is 0 Å². The lowest BCUT2D eigenvalue weighted by Gasteiger charge is -2.17. The Morgan fingerprint density at radius 3 is 2.48 bits per heavy atom. The molecule has 0 aliphatic rings. The molecule has 1 heterocycles. The van der Waals surface area contributed by atoms with E-state index in [9.17, 15) is 13.6 Å². The minimum absolute atomic E-state index is 0.00971. The highest BCUT2D eigenvalue weighted by Gasteiger charge is 2.15. The molecule has 0 aliphatic carbocycles. The van der Waals surface area contributed by atoms with Gasteiger partial charge in [0, 0.05) is 28.6 Å². The summed E-state index contributed by atoms with van der Waals surface area (Å²) >= 11 is 0. The molecular weight excluding hydrogens is 384 g/mol. The largest absolute Gasteiger partial charge is 0.497 e. The van der Waals surface area contributed by atoms with Crippen molar-refractivity contribution in [3.05, 3.63) is 64.0 Å². The van der Waals surface area contributed by atoms with Gasteiger partial charge in [-0.3, -0.25) is 0 Å². The number of methoxy groups -OCH3 is 2. The molecule has 0 spiro atoms. The van der Waals surface area contributed by atoms with Crippen LogP contribution in [-0.4, -0.2) is 27.9 Å². The minimum atomic E-state index is -2.92. The standard InChI is InChI=1S/C21H21F2NO5/c1-24(11-13-4-7-17(29-21(22)23)19(8-13)27-3)12-14-9-20(25)28-18-10-15(26-2)5-6-16(14)18/h4-10,21H,11-12H2,1-3H3/p+1. The average molecular weight is 406 g/mol. The maximum absolute atomic E-state index is 12.5. The number of fused-ring (bicyclic) bond motifs is 1. The monoisotopic (exact) mass is 406 g/mol. The number of nitrogens with one attached hydrogen (secondary N) is 1. The van der Waals surface area contributed by atoms with Gasteiger partial charge in [-0.2, -0.15) is 8.78 Å². The molecule has 2 aromatic carbocycles. The summed E-state index contributed by atoms with van der Waals surface area (Å²) in [7, 11) is 4.92. The van der Waals surface area contributed by atoms with Gasteiger partial charge in [0.1, 0.15) is 24.4 Å². The van der Waals surface area contributed by atoms with E-state index in [0.29, 0.717) is 24.4 Å². The molecule has 154 valence electrons. The molecule has 0 radical (unpaired) electrons. The van der Waals surface area contributed by atoms with Crippen LogP contribution in [0.4, 0.5) is 8.78 Å². The maximum Gasteiger partial charge on any atom is 0.387 e. The lowest BCUT2D eigenvalue weighted by molar-refractivity contribution is -0.907. The number of benzene rings is 2. The van der Waals surface area contributed by atoms with Gasteiger partial charge < -0.3 is 23.5 Å². The number of ether oxygens (including phenoxy) is 3. The number of rotatable bonds is 8. The van der Waals surface area contributed by atoms with Gasteiger partial charge in [-0.25, -0.2) is 4.79 Å². The number of halogens is 2. The van der Waals surface area contributed by atoms with E-state index in [1.807, 2.05) is 19.2 Å². The Labute approximate surface area is 166 Å². The highest BCUT2D eigenvalue weighted by atomic mass is 19.3. The fourth-order valence-electron chi connectivity index (χ4n) is 3.23. The van der Waals surface area contributed by atoms with Gasteiger partial charge in [-0.1, -0.05) is 0 Å². The Morgan fingerprint density at radius 2 is 1.79 bits per heavy atom. The van der Waals surface area contributed by atoms with E-state index in [-0.39, 0.29) is 11.5 Å². The fraction of sp³-hybridized carbons (Fsp3) is 0.286. The van der Waals surface area contributed by atoms with Gasteiger partial charge >= 0.3 is 12.2 Å². The van der Waals surface area contributed by atoms with Crippen molar-refractivity contribution in [2.24, 2.45) is 0 Å². The van der Waals surface area contributed by atoms with Crippen molar-refractivity contribution < 1.29 is 32.3 Å². The summed E-state index contributed by atoms with van der Waals surface area (Å²) in [5.41, 5.74) is 1.77. The highest BCUT2D eigenvalue weighted by Crippen LogP contribution is 2.29. The molecule has 1 aromatic heterocycles. The molecule has 1 atom stereocenters. The lowest BCUT2D eigenvalue weighted by atomic mass is 10.1. The minimum Gasteiger partial charge on any atom is -0.497 e. The second kappa shape index (κ2) is 8.91. The fourth-order valence-corrected chi connectivity index (χ4v) is 3.23. The molecule has 0 saturated carbocycles. The van der Waals surface area contributed by atoms with Crippen molar-refractivity contribution in [2.75, 3.05) is 21.3 Å². The zero-order chi connectivity index (χ0) is 21.0. The Hall–Kier alpha value is -3.13. The molecule has 0 bridgehead atoms. The van der Waals surface area contributed by atoms with Crippen LogP contribution in [0.3, 0.4) is 0 Å². The van der Waals surface area contributed by atoms with Crippen molar-refractivity contribution >= 4 is 11.0 Å². The van der Waals surface area contributed by atoms with Crippen molar-refractivity contribution in [1.29, 1.82) is 0 Å². The number of hydrogen-bond acceptors (Lipinski definition) is 5. The van der Waals surface area contributed by atoms with Crippen molar-refractivity contribution in [2.45, 2.75) is 19.7 Å². The number of alkyl halides is 2. The Bertz CT molecular complexity index is 1050. The molecule has 0 amide bonds. The molecule has 0 saturated heterocycles. The third kappa shape index (κ3) is 5.03. The van der Waals surface area contributed by atoms with Crippen LogP contribution >= 0.6 is 0 Å². The summed E-state index contributed by atoms with van der Waals surface area (Å²) in [6, 6.07) is 11.7. The summed E-state index contributed by atoms with van der Waals surface area (Å²) < 4.78 is 45.0. The van der Waals surface area contributed by atoms with Crippen molar-refractivity contribution in [1.82, 2.24) is 0 Å². The molecule has 3 rings (SSSR count). The molecule has 0 aliphatic heterocycles. The molecule has 0 fully saturated rings. The zero-order valence-corrected chi connectivity index (χ0v) is 16.3. The van der Waals surface area contributed by atoms with Crippen LogP contribution in [0.5, 0.6) is 17.2 Å². The van der Waals surface area contributed by atoms with E-state index >= 15 is 0 Å². The van der Waals surface area contributed by atoms with Crippen LogP contribution in [0.25, 0.3) is 11.0 Å². The second-order valence-electron chi connectivity index (χ2n) is 6.63. The van der Waals surface area contributed by atoms with Crippen LogP contribution in [0.1, 0.15) is 11.1 Å². The number of hydrogen-bond donors (Lipinski definition) is 1. The van der Waals surface area contributed by atoms with Crippen LogP contribution in [-0.2, 0) is 13.1 Å². The van der Waals surface area contributed by atoms with Gasteiger partial charge in [-0.05, 0) is 30.3 Å². The van der Waals surface area contributed by atoms with Gasteiger partial charge in [0.2, 0.25) is 0 Å². The average Bonchev–Trinajstić information content (AvgIpc) is 2.68. The van der Waals surface area contributed by atoms with Gasteiger partial charge in [-0.15, -0.1) is 0 Å². The van der Waals surface area contributed by atoms with E-state index in [1.54, 1.807) is 25.3 Å². The summed E-state index contributed by atoms with van der Waals surface area (Å²) in [5.74, 6) is 0.842. The van der Waals surface area contributed by atoms with Crippen LogP contribution in [0.15, 0.2) is 51.7 Å². The first-order chi connectivity index (χ1) is 13.9. The first-order valence-electron chi connectivity index (χ1n) is 8.93. The van der Waals surface area contributed by atoms with E-state index in [2.05, 4.69) is 4.74 Å². The number of quaternary nitrogens is 1. The van der Waals surface area contributed by atoms with Gasteiger partial charge in [0.05, 0.1) is 21.3 Å². The summed E-state index contributed by atoms with van der Waals surface area (Å²) in [5, 5.41) is 0.836. The van der Waals surface area contributed by atoms with Crippen LogP contribution in [0, 0.1) is 0 Å². The van der Waals surface area contributed by atoms with E-state index in [1.165, 1.54) is 19.2 Å². The van der Waals surface area contributed by atoms with E-state index in [4.69, 9.17) is 13.9 Å².